The van der Waals surface area contributed by atoms with E-state index in [1.807, 2.05) is 0 Å². The standard InChI is InChI=1S/C58H60/c1-3-4-5-11-22-45(2)51-33-52(46-23-12-6-13-24-46)35-53(34-51,47-25-14-7-15-26-47)41-57(39-51,40-52)58-42-54(48-27-16-8-17-28-48)36-55(43-58,49-29-18-9-19-30-49)38-56(37-54,44-58)50-31-20-10-21-32-50/h4-32H,2-3,33-44H2,1H3. The van der Waals surface area contributed by atoms with Crippen LogP contribution in [-0.2, 0) is 27.1 Å². The first-order valence-electron chi connectivity index (χ1n) is 22.5. The molecule has 0 heterocycles. The molecule has 0 saturated heterocycles. The van der Waals surface area contributed by atoms with Crippen molar-refractivity contribution in [3.63, 3.8) is 0 Å². The zero-order valence-electron chi connectivity index (χ0n) is 34.6. The Morgan fingerprint density at radius 1 is 0.397 bits per heavy atom. The van der Waals surface area contributed by atoms with Crippen LogP contribution in [0, 0.1) is 16.2 Å². The Balaban J connectivity index is 1.20. The number of hydrogen-bond acceptors (Lipinski definition) is 0. The number of rotatable bonds is 10. The van der Waals surface area contributed by atoms with E-state index in [2.05, 4.69) is 183 Å². The summed E-state index contributed by atoms with van der Waals surface area (Å²) >= 11 is 0. The van der Waals surface area contributed by atoms with E-state index in [0.29, 0.717) is 0 Å². The molecule has 5 aromatic carbocycles. The molecule has 292 valence electrons. The summed E-state index contributed by atoms with van der Waals surface area (Å²) < 4.78 is 0. The van der Waals surface area contributed by atoms with Crippen molar-refractivity contribution in [2.75, 3.05) is 0 Å². The highest BCUT2D eigenvalue weighted by Gasteiger charge is 2.79. The van der Waals surface area contributed by atoms with E-state index in [0.717, 1.165) is 6.42 Å². The molecule has 0 spiro atoms. The van der Waals surface area contributed by atoms with Gasteiger partial charge in [-0.25, -0.2) is 0 Å². The third kappa shape index (κ3) is 5.18. The molecule has 2 atom stereocenters. The predicted molar refractivity (Wildman–Crippen MR) is 241 cm³/mol. The predicted octanol–water partition coefficient (Wildman–Crippen LogP) is 14.5. The van der Waals surface area contributed by atoms with Gasteiger partial charge in [-0.1, -0.05) is 189 Å². The van der Waals surface area contributed by atoms with E-state index in [9.17, 15) is 0 Å². The molecule has 5 aromatic rings. The van der Waals surface area contributed by atoms with Gasteiger partial charge >= 0.3 is 0 Å². The molecule has 0 heteroatoms. The monoisotopic (exact) mass is 756 g/mol. The molecule has 0 nitrogen and oxygen atoms in total. The van der Waals surface area contributed by atoms with E-state index in [1.165, 1.54) is 82.6 Å². The molecule has 0 aromatic heterocycles. The highest BCUT2D eigenvalue weighted by Crippen LogP contribution is 2.86. The van der Waals surface area contributed by atoms with Gasteiger partial charge in [-0.15, -0.1) is 0 Å². The van der Waals surface area contributed by atoms with Gasteiger partial charge in [-0.3, -0.25) is 0 Å². The Morgan fingerprint density at radius 2 is 0.690 bits per heavy atom. The summed E-state index contributed by atoms with van der Waals surface area (Å²) in [6.45, 7) is 7.36. The molecule has 0 N–H and O–H groups in total. The van der Waals surface area contributed by atoms with Crippen LogP contribution in [0.4, 0.5) is 0 Å². The topological polar surface area (TPSA) is 0 Å². The summed E-state index contributed by atoms with van der Waals surface area (Å²) in [6.07, 6.45) is 25.4. The minimum absolute atomic E-state index is 0.0139. The summed E-state index contributed by atoms with van der Waals surface area (Å²) in [5.41, 5.74) is 10.0. The van der Waals surface area contributed by atoms with Crippen LogP contribution in [0.25, 0.3) is 0 Å². The van der Waals surface area contributed by atoms with Crippen LogP contribution in [0.3, 0.4) is 0 Å². The van der Waals surface area contributed by atoms with Gasteiger partial charge in [0, 0.05) is 0 Å². The molecule has 2 unspecified atom stereocenters. The first kappa shape index (κ1) is 36.4. The molecule has 0 radical (unpaired) electrons. The summed E-state index contributed by atoms with van der Waals surface area (Å²) in [5.74, 6) is 0. The molecule has 8 aliphatic rings. The molecule has 8 bridgehead atoms. The first-order chi connectivity index (χ1) is 28.2. The number of hydrogen-bond donors (Lipinski definition) is 0. The largest absolute Gasteiger partial charge is 0.0953 e. The normalized spacial score (nSPS) is 38.2. The molecule has 58 heavy (non-hydrogen) atoms. The van der Waals surface area contributed by atoms with E-state index < -0.39 is 0 Å². The van der Waals surface area contributed by atoms with Crippen LogP contribution in [0.15, 0.2) is 188 Å². The molecular weight excluding hydrogens is 697 g/mol. The van der Waals surface area contributed by atoms with Crippen LogP contribution >= 0.6 is 0 Å². The van der Waals surface area contributed by atoms with Crippen LogP contribution in [0.1, 0.15) is 118 Å². The van der Waals surface area contributed by atoms with Crippen LogP contribution < -0.4 is 0 Å². The maximum atomic E-state index is 5.13. The summed E-state index contributed by atoms with van der Waals surface area (Å²) in [5, 5.41) is 0. The third-order valence-corrected chi connectivity index (χ3v) is 17.6. The molecule has 13 rings (SSSR count). The highest BCUT2D eigenvalue weighted by atomic mass is 14.8. The fourth-order valence-corrected chi connectivity index (χ4v) is 16.8. The lowest BCUT2D eigenvalue weighted by molar-refractivity contribution is -0.243. The minimum Gasteiger partial charge on any atom is -0.0953 e. The van der Waals surface area contributed by atoms with E-state index in [4.69, 9.17) is 6.58 Å². The zero-order chi connectivity index (χ0) is 39.2. The average Bonchev–Trinajstić information content (AvgIpc) is 3.26. The first-order valence-corrected chi connectivity index (χ1v) is 22.5. The van der Waals surface area contributed by atoms with E-state index >= 15 is 0 Å². The van der Waals surface area contributed by atoms with Gasteiger partial charge in [0.2, 0.25) is 0 Å². The second kappa shape index (κ2) is 12.9. The van der Waals surface area contributed by atoms with Crippen molar-refractivity contribution in [3.05, 3.63) is 216 Å². The van der Waals surface area contributed by atoms with E-state index in [-0.39, 0.29) is 43.3 Å². The van der Waals surface area contributed by atoms with Gasteiger partial charge < -0.3 is 0 Å². The molecule has 0 amide bonds. The lowest BCUT2D eigenvalue weighted by atomic mass is 9.23. The fraction of sp³-hybridized carbons (Fsp3) is 0.379. The van der Waals surface area contributed by atoms with Gasteiger partial charge in [0.25, 0.3) is 0 Å². The Bertz CT molecular complexity index is 2170. The molecule has 8 saturated carbocycles. The van der Waals surface area contributed by atoms with Gasteiger partial charge in [-0.05, 0) is 160 Å². The third-order valence-electron chi connectivity index (χ3n) is 17.6. The summed E-state index contributed by atoms with van der Waals surface area (Å²) in [6, 6.07) is 59.7. The Labute approximate surface area is 348 Å². The maximum Gasteiger partial charge on any atom is -0.00245 e. The fourth-order valence-electron chi connectivity index (χ4n) is 16.8. The van der Waals surface area contributed by atoms with Crippen LogP contribution in [0.2, 0.25) is 0 Å². The zero-order valence-corrected chi connectivity index (χ0v) is 34.6. The second-order valence-corrected chi connectivity index (χ2v) is 20.9. The quantitative estimate of drug-likeness (QED) is 0.125. The highest BCUT2D eigenvalue weighted by molar-refractivity contribution is 5.50. The SMILES string of the molecule is C=C(C=CC=CCC)C12CC3(c4ccccc4)CC(c4ccccc4)(C1)CC(C14CC5(c6ccccc6)CC(c6ccccc6)(CC(c6ccccc6)(C5)C1)C4)(C2)C3. The van der Waals surface area contributed by atoms with Crippen molar-refractivity contribution in [3.8, 4) is 0 Å². The van der Waals surface area contributed by atoms with Crippen molar-refractivity contribution in [2.24, 2.45) is 16.2 Å². The lowest BCUT2D eigenvalue weighted by Crippen LogP contribution is -2.74. The van der Waals surface area contributed by atoms with Crippen molar-refractivity contribution >= 4 is 0 Å². The Morgan fingerprint density at radius 3 is 1.00 bits per heavy atom. The van der Waals surface area contributed by atoms with Gasteiger partial charge in [0.05, 0.1) is 0 Å². The van der Waals surface area contributed by atoms with Crippen molar-refractivity contribution < 1.29 is 0 Å². The Hall–Kier alpha value is -4.68. The van der Waals surface area contributed by atoms with Gasteiger partial charge in [-0.2, -0.15) is 0 Å². The molecule has 8 aliphatic carbocycles. The average molecular weight is 757 g/mol. The van der Waals surface area contributed by atoms with Gasteiger partial charge in [0.1, 0.15) is 0 Å². The second-order valence-electron chi connectivity index (χ2n) is 20.9. The minimum atomic E-state index is 0.0139. The summed E-state index contributed by atoms with van der Waals surface area (Å²) in [7, 11) is 0. The lowest BCUT2D eigenvalue weighted by Gasteiger charge is -2.81. The van der Waals surface area contributed by atoms with Crippen LogP contribution in [-0.4, -0.2) is 0 Å². The number of allylic oxidation sites excluding steroid dienone is 5. The van der Waals surface area contributed by atoms with Crippen molar-refractivity contribution in [1.29, 1.82) is 0 Å². The van der Waals surface area contributed by atoms with Crippen molar-refractivity contribution in [1.82, 2.24) is 0 Å². The van der Waals surface area contributed by atoms with Crippen molar-refractivity contribution in [2.45, 2.75) is 117 Å². The van der Waals surface area contributed by atoms with Crippen LogP contribution in [0.5, 0.6) is 0 Å². The molecule has 0 aliphatic heterocycles. The van der Waals surface area contributed by atoms with Gasteiger partial charge in [0.15, 0.2) is 0 Å². The molecular formula is C58H60. The molecule has 8 fully saturated rings. The number of benzene rings is 5. The summed E-state index contributed by atoms with van der Waals surface area (Å²) in [4.78, 5) is 0. The maximum absolute atomic E-state index is 5.13. The Kier molecular flexibility index (Phi) is 8.10. The van der Waals surface area contributed by atoms with E-state index in [1.54, 1.807) is 27.8 Å². The smallest absolute Gasteiger partial charge is 0.00245 e.